The van der Waals surface area contributed by atoms with E-state index in [1.165, 1.54) is 283 Å². The highest BCUT2D eigenvalue weighted by molar-refractivity contribution is 5.80. The largest absolute Gasteiger partial charge is 0.394 e. The molecule has 0 aliphatic rings. The number of rotatable bonds is 57. The Morgan fingerprint density at radius 1 is 0.318 bits per heavy atom. The van der Waals surface area contributed by atoms with Gasteiger partial charge in [0.1, 0.15) is 12.2 Å². The van der Waals surface area contributed by atoms with Crippen molar-refractivity contribution in [3.05, 3.63) is 0 Å². The third-order valence-electron chi connectivity index (χ3n) is 14.8. The van der Waals surface area contributed by atoms with E-state index in [4.69, 9.17) is 0 Å². The van der Waals surface area contributed by atoms with E-state index in [1.54, 1.807) is 0 Å². The van der Waals surface area contributed by atoms with E-state index in [9.17, 15) is 25.2 Å². The lowest BCUT2D eigenvalue weighted by Gasteiger charge is -2.27. The van der Waals surface area contributed by atoms with Gasteiger partial charge in [0, 0.05) is 0 Å². The van der Waals surface area contributed by atoms with Crippen LogP contribution >= 0.6 is 0 Å². The van der Waals surface area contributed by atoms with E-state index in [2.05, 4.69) is 19.2 Å². The van der Waals surface area contributed by atoms with Crippen molar-refractivity contribution in [2.45, 2.75) is 372 Å². The fraction of sp³-hybridized carbons (Fsp3) is 0.983. The second kappa shape index (κ2) is 55.2. The van der Waals surface area contributed by atoms with Crippen molar-refractivity contribution >= 4 is 5.91 Å². The quantitative estimate of drug-likeness (QED) is 0.0390. The third-order valence-corrected chi connectivity index (χ3v) is 14.8. The summed E-state index contributed by atoms with van der Waals surface area (Å²) in [5, 5.41) is 44.1. The minimum Gasteiger partial charge on any atom is -0.394 e. The normalized spacial score (nSPS) is 13.6. The Hall–Kier alpha value is -0.690. The van der Waals surface area contributed by atoms with Crippen molar-refractivity contribution in [1.82, 2.24) is 5.32 Å². The first-order valence-electron chi connectivity index (χ1n) is 30.4. The van der Waals surface area contributed by atoms with Crippen molar-refractivity contribution in [2.75, 3.05) is 6.61 Å². The highest BCUT2D eigenvalue weighted by Crippen LogP contribution is 2.19. The summed E-state index contributed by atoms with van der Waals surface area (Å²) in [5.41, 5.74) is 0. The van der Waals surface area contributed by atoms with Gasteiger partial charge < -0.3 is 25.7 Å². The molecule has 0 aromatic heterocycles. The Bertz CT molecular complexity index is 917. The molecule has 6 heteroatoms. The van der Waals surface area contributed by atoms with Gasteiger partial charge in [0.15, 0.2) is 0 Å². The van der Waals surface area contributed by atoms with Gasteiger partial charge in [-0.3, -0.25) is 4.79 Å². The van der Waals surface area contributed by atoms with Crippen LogP contribution in [0.25, 0.3) is 0 Å². The molecule has 4 unspecified atom stereocenters. The number of carbonyl (C=O) groups excluding carboxylic acids is 1. The number of amides is 1. The fourth-order valence-electron chi connectivity index (χ4n) is 10.1. The minimum absolute atomic E-state index is 0.377. The first-order valence-corrected chi connectivity index (χ1v) is 30.4. The molecule has 0 saturated carbocycles. The summed E-state index contributed by atoms with van der Waals surface area (Å²) in [4.78, 5) is 12.6. The van der Waals surface area contributed by atoms with Crippen LogP contribution in [-0.2, 0) is 4.79 Å². The van der Waals surface area contributed by atoms with Crippen LogP contribution in [0.2, 0.25) is 0 Å². The molecule has 0 aliphatic carbocycles. The Labute approximate surface area is 413 Å². The predicted molar refractivity (Wildman–Crippen MR) is 288 cm³/mol. The molecule has 0 spiro atoms. The second-order valence-electron chi connectivity index (χ2n) is 21.4. The average molecular weight is 937 g/mol. The molecule has 0 aromatic rings. The smallest absolute Gasteiger partial charge is 0.249 e. The van der Waals surface area contributed by atoms with Crippen LogP contribution < -0.4 is 5.32 Å². The van der Waals surface area contributed by atoms with Crippen LogP contribution in [0.15, 0.2) is 0 Å². The van der Waals surface area contributed by atoms with Crippen LogP contribution in [0.3, 0.4) is 0 Å². The van der Waals surface area contributed by atoms with Crippen molar-refractivity contribution in [1.29, 1.82) is 0 Å². The number of hydrogen-bond donors (Lipinski definition) is 5. The summed E-state index contributed by atoms with van der Waals surface area (Å²) in [6, 6.07) is -0.981. The zero-order valence-corrected chi connectivity index (χ0v) is 45.0. The van der Waals surface area contributed by atoms with E-state index >= 15 is 0 Å². The number of carbonyl (C=O) groups is 1. The van der Waals surface area contributed by atoms with E-state index in [1.807, 2.05) is 0 Å². The van der Waals surface area contributed by atoms with Crippen molar-refractivity contribution in [3.8, 4) is 0 Å². The molecule has 0 fully saturated rings. The summed E-state index contributed by atoms with van der Waals surface area (Å²) in [6.45, 7) is 4.11. The van der Waals surface area contributed by atoms with Crippen LogP contribution in [-0.4, -0.2) is 57.3 Å². The van der Waals surface area contributed by atoms with E-state index in [0.717, 1.165) is 38.5 Å². The third kappa shape index (κ3) is 48.3. The van der Waals surface area contributed by atoms with Gasteiger partial charge in [0.05, 0.1) is 18.8 Å². The average Bonchev–Trinajstić information content (AvgIpc) is 3.32. The number of aliphatic hydroxyl groups excluding tert-OH is 4. The summed E-state index contributed by atoms with van der Waals surface area (Å²) < 4.78 is 0. The first-order chi connectivity index (χ1) is 32.5. The molecule has 4 atom stereocenters. The van der Waals surface area contributed by atoms with Gasteiger partial charge in [-0.15, -0.1) is 0 Å². The zero-order chi connectivity index (χ0) is 48.1. The molecular formula is C60H121NO5. The Balaban J connectivity index is 3.56. The summed E-state index contributed by atoms with van der Waals surface area (Å²) >= 11 is 0. The summed E-state index contributed by atoms with van der Waals surface area (Å²) in [5.74, 6) is -0.574. The SMILES string of the molecule is CCCCCCCCCCCCCCCCCCCCCCCCCCCCC(O)C(=O)NC(CO)C(O)C(O)CCCCCCCCCCCCCCCCCCCCCCCCCC. The molecule has 0 heterocycles. The topological polar surface area (TPSA) is 110 Å². The predicted octanol–water partition coefficient (Wildman–Crippen LogP) is 17.9. The van der Waals surface area contributed by atoms with Gasteiger partial charge in [-0.05, 0) is 12.8 Å². The molecule has 396 valence electrons. The standard InChI is InChI=1S/C60H121NO5/c1-3-5-7-9-11-13-15-17-19-21-23-25-27-29-30-32-34-36-38-40-42-44-46-48-50-52-54-58(64)60(66)61-56(55-62)59(65)57(63)53-51-49-47-45-43-41-39-37-35-33-31-28-26-24-22-20-18-16-14-12-10-8-6-4-2/h56-59,62-65H,3-55H2,1-2H3,(H,61,66). The molecule has 0 aromatic carbocycles. The maximum Gasteiger partial charge on any atom is 0.249 e. The molecule has 0 rings (SSSR count). The molecule has 6 nitrogen and oxygen atoms in total. The van der Waals surface area contributed by atoms with Gasteiger partial charge in [-0.25, -0.2) is 0 Å². The maximum atomic E-state index is 12.6. The first kappa shape index (κ1) is 65.3. The molecule has 0 bridgehead atoms. The molecule has 0 aliphatic heterocycles. The number of aliphatic hydroxyl groups is 4. The van der Waals surface area contributed by atoms with Gasteiger partial charge in [-0.2, -0.15) is 0 Å². The number of hydrogen-bond acceptors (Lipinski definition) is 5. The van der Waals surface area contributed by atoms with Crippen molar-refractivity contribution in [2.24, 2.45) is 0 Å². The van der Waals surface area contributed by atoms with Gasteiger partial charge in [-0.1, -0.05) is 335 Å². The monoisotopic (exact) mass is 936 g/mol. The van der Waals surface area contributed by atoms with Crippen LogP contribution in [0, 0.1) is 0 Å². The molecule has 0 saturated heterocycles. The molecular weight excluding hydrogens is 815 g/mol. The van der Waals surface area contributed by atoms with Gasteiger partial charge in [0.25, 0.3) is 0 Å². The van der Waals surface area contributed by atoms with E-state index < -0.39 is 36.9 Å². The van der Waals surface area contributed by atoms with Crippen LogP contribution in [0.5, 0.6) is 0 Å². The lowest BCUT2D eigenvalue weighted by atomic mass is 9.99. The summed E-state index contributed by atoms with van der Waals surface area (Å²) in [6.07, 6.45) is 64.7. The highest BCUT2D eigenvalue weighted by Gasteiger charge is 2.28. The Kier molecular flexibility index (Phi) is 54.7. The minimum atomic E-state index is -1.26. The fourth-order valence-corrected chi connectivity index (χ4v) is 10.1. The lowest BCUT2D eigenvalue weighted by Crippen LogP contribution is -2.53. The van der Waals surface area contributed by atoms with Gasteiger partial charge >= 0.3 is 0 Å². The molecule has 1 amide bonds. The van der Waals surface area contributed by atoms with Crippen molar-refractivity contribution < 1.29 is 25.2 Å². The second-order valence-corrected chi connectivity index (χ2v) is 21.4. The van der Waals surface area contributed by atoms with E-state index in [-0.39, 0.29) is 0 Å². The number of unbranched alkanes of at least 4 members (excludes halogenated alkanes) is 48. The van der Waals surface area contributed by atoms with Crippen LogP contribution in [0.1, 0.15) is 348 Å². The molecule has 66 heavy (non-hydrogen) atoms. The van der Waals surface area contributed by atoms with Gasteiger partial charge in [0.2, 0.25) is 5.91 Å². The highest BCUT2D eigenvalue weighted by atomic mass is 16.3. The van der Waals surface area contributed by atoms with Crippen molar-refractivity contribution in [3.63, 3.8) is 0 Å². The Morgan fingerprint density at radius 3 is 0.727 bits per heavy atom. The maximum absolute atomic E-state index is 12.6. The summed E-state index contributed by atoms with van der Waals surface area (Å²) in [7, 11) is 0. The van der Waals surface area contributed by atoms with E-state index in [0.29, 0.717) is 12.8 Å². The zero-order valence-electron chi connectivity index (χ0n) is 45.0. The molecule has 5 N–H and O–H groups in total. The molecule has 0 radical (unpaired) electrons. The number of nitrogens with one attached hydrogen (secondary N) is 1. The Morgan fingerprint density at radius 2 is 0.515 bits per heavy atom. The lowest BCUT2D eigenvalue weighted by molar-refractivity contribution is -0.132. The van der Waals surface area contributed by atoms with Crippen LogP contribution in [0.4, 0.5) is 0 Å².